The third-order valence-electron chi connectivity index (χ3n) is 2.76. The molecule has 0 bridgehead atoms. The van der Waals surface area contributed by atoms with Crippen LogP contribution in [0, 0.1) is 18.6 Å². The van der Waals surface area contributed by atoms with E-state index in [-0.39, 0.29) is 12.0 Å². The van der Waals surface area contributed by atoms with Gasteiger partial charge >= 0.3 is 0 Å². The van der Waals surface area contributed by atoms with Crippen LogP contribution in [0.3, 0.4) is 0 Å². The molecule has 1 aromatic carbocycles. The van der Waals surface area contributed by atoms with Gasteiger partial charge < -0.3 is 4.42 Å². The van der Waals surface area contributed by atoms with Gasteiger partial charge in [0.25, 0.3) is 0 Å². The molecule has 5 heteroatoms. The average molecular weight is 252 g/mol. The maximum absolute atomic E-state index is 13.5. The molecule has 18 heavy (non-hydrogen) atoms. The highest BCUT2D eigenvalue weighted by Gasteiger charge is 2.17. The van der Waals surface area contributed by atoms with Crippen LogP contribution in [0.5, 0.6) is 0 Å². The molecule has 1 atom stereocenters. The number of hydrogen-bond acceptors (Lipinski definition) is 3. The van der Waals surface area contributed by atoms with Crippen molar-refractivity contribution in [2.75, 3.05) is 0 Å². The number of hydrazine groups is 1. The summed E-state index contributed by atoms with van der Waals surface area (Å²) in [6.07, 6.45) is 0.215. The van der Waals surface area contributed by atoms with Crippen molar-refractivity contribution in [3.05, 3.63) is 59.1 Å². The Labute approximate surface area is 104 Å². The van der Waals surface area contributed by atoms with Gasteiger partial charge in [-0.2, -0.15) is 0 Å². The fourth-order valence-corrected chi connectivity index (χ4v) is 1.81. The Hall–Kier alpha value is -1.72. The van der Waals surface area contributed by atoms with Gasteiger partial charge in [-0.3, -0.25) is 5.84 Å². The highest BCUT2D eigenvalue weighted by Crippen LogP contribution is 2.22. The molecule has 0 spiro atoms. The van der Waals surface area contributed by atoms with Crippen molar-refractivity contribution < 1.29 is 13.2 Å². The van der Waals surface area contributed by atoms with Gasteiger partial charge in [-0.25, -0.2) is 14.2 Å². The lowest BCUT2D eigenvalue weighted by atomic mass is 10.0. The largest absolute Gasteiger partial charge is 0.465 e. The maximum Gasteiger partial charge on any atom is 0.162 e. The van der Waals surface area contributed by atoms with Crippen LogP contribution >= 0.6 is 0 Å². The van der Waals surface area contributed by atoms with Crippen LogP contribution in [0.4, 0.5) is 8.78 Å². The van der Waals surface area contributed by atoms with Crippen LogP contribution in [0.15, 0.2) is 34.7 Å². The number of halogens is 2. The Morgan fingerprint density at radius 2 is 2.06 bits per heavy atom. The number of benzene rings is 1. The zero-order valence-corrected chi connectivity index (χ0v) is 9.91. The maximum atomic E-state index is 13.5. The Kier molecular flexibility index (Phi) is 3.74. The summed E-state index contributed by atoms with van der Waals surface area (Å²) >= 11 is 0. The van der Waals surface area contributed by atoms with Crippen molar-refractivity contribution in [2.45, 2.75) is 19.4 Å². The van der Waals surface area contributed by atoms with Crippen LogP contribution < -0.4 is 11.3 Å². The molecule has 0 aliphatic heterocycles. The van der Waals surface area contributed by atoms with Crippen LogP contribution in [0.2, 0.25) is 0 Å². The highest BCUT2D eigenvalue weighted by molar-refractivity contribution is 5.22. The molecule has 1 heterocycles. The van der Waals surface area contributed by atoms with E-state index in [0.717, 1.165) is 11.8 Å². The van der Waals surface area contributed by atoms with Crippen LogP contribution in [-0.4, -0.2) is 0 Å². The summed E-state index contributed by atoms with van der Waals surface area (Å²) in [4.78, 5) is 0. The molecular weight excluding hydrogens is 238 g/mol. The van der Waals surface area contributed by atoms with Gasteiger partial charge in [-0.1, -0.05) is 12.1 Å². The van der Waals surface area contributed by atoms with Crippen molar-refractivity contribution in [1.29, 1.82) is 0 Å². The number of nitrogens with two attached hydrogens (primary N) is 1. The van der Waals surface area contributed by atoms with Crippen molar-refractivity contribution in [2.24, 2.45) is 5.84 Å². The molecule has 0 amide bonds. The number of aryl methyl sites for hydroxylation is 1. The molecule has 1 aromatic heterocycles. The summed E-state index contributed by atoms with van der Waals surface area (Å²) < 4.78 is 32.1. The van der Waals surface area contributed by atoms with Crippen LogP contribution in [-0.2, 0) is 6.42 Å². The lowest BCUT2D eigenvalue weighted by Crippen LogP contribution is -2.29. The number of rotatable bonds is 4. The normalized spacial score (nSPS) is 12.7. The molecule has 0 aliphatic rings. The van der Waals surface area contributed by atoms with Crippen molar-refractivity contribution in [3.63, 3.8) is 0 Å². The zero-order chi connectivity index (χ0) is 13.1. The summed E-state index contributed by atoms with van der Waals surface area (Å²) in [6, 6.07) is 7.24. The van der Waals surface area contributed by atoms with Gasteiger partial charge in [-0.15, -0.1) is 0 Å². The lowest BCUT2D eigenvalue weighted by Gasteiger charge is -2.14. The van der Waals surface area contributed by atoms with Gasteiger partial charge in [0, 0.05) is 0 Å². The molecule has 2 rings (SSSR count). The Morgan fingerprint density at radius 1 is 1.28 bits per heavy atom. The predicted molar refractivity (Wildman–Crippen MR) is 63.6 cm³/mol. The van der Waals surface area contributed by atoms with E-state index >= 15 is 0 Å². The van der Waals surface area contributed by atoms with Gasteiger partial charge in [0.2, 0.25) is 0 Å². The van der Waals surface area contributed by atoms with Crippen molar-refractivity contribution in [3.8, 4) is 0 Å². The van der Waals surface area contributed by atoms with Gasteiger partial charge in [0.15, 0.2) is 11.6 Å². The fraction of sp³-hybridized carbons (Fsp3) is 0.231. The number of furan rings is 1. The van der Waals surface area contributed by atoms with E-state index in [9.17, 15) is 8.78 Å². The van der Waals surface area contributed by atoms with E-state index in [1.54, 1.807) is 19.1 Å². The summed E-state index contributed by atoms with van der Waals surface area (Å²) in [7, 11) is 0. The lowest BCUT2D eigenvalue weighted by molar-refractivity contribution is 0.397. The first-order valence-corrected chi connectivity index (χ1v) is 5.57. The van der Waals surface area contributed by atoms with Crippen LogP contribution in [0.1, 0.15) is 23.1 Å². The zero-order valence-electron chi connectivity index (χ0n) is 9.91. The second-order valence-electron chi connectivity index (χ2n) is 4.08. The van der Waals surface area contributed by atoms with E-state index in [4.69, 9.17) is 10.3 Å². The second kappa shape index (κ2) is 5.29. The quantitative estimate of drug-likeness (QED) is 0.649. The minimum absolute atomic E-state index is 0.215. The Bertz CT molecular complexity index is 540. The third-order valence-corrected chi connectivity index (χ3v) is 2.76. The molecule has 1 unspecified atom stereocenters. The van der Waals surface area contributed by atoms with E-state index in [2.05, 4.69) is 5.43 Å². The molecule has 2 aromatic rings. The van der Waals surface area contributed by atoms with Crippen LogP contribution in [0.25, 0.3) is 0 Å². The molecule has 0 saturated carbocycles. The third kappa shape index (κ3) is 2.57. The summed E-state index contributed by atoms with van der Waals surface area (Å²) in [6.45, 7) is 1.81. The number of hydrogen-bond donors (Lipinski definition) is 2. The average Bonchev–Trinajstić information content (AvgIpc) is 2.78. The van der Waals surface area contributed by atoms with E-state index in [1.165, 1.54) is 12.1 Å². The van der Waals surface area contributed by atoms with Crippen molar-refractivity contribution in [1.82, 2.24) is 5.43 Å². The smallest absolute Gasteiger partial charge is 0.162 e. The molecular formula is C13H14F2N2O. The monoisotopic (exact) mass is 252 g/mol. The Morgan fingerprint density at radius 3 is 2.67 bits per heavy atom. The molecule has 3 N–H and O–H groups in total. The first kappa shape index (κ1) is 12.7. The summed E-state index contributed by atoms with van der Waals surface area (Å²) in [5, 5.41) is 0. The molecule has 0 aliphatic carbocycles. The first-order chi connectivity index (χ1) is 8.61. The van der Waals surface area contributed by atoms with Crippen molar-refractivity contribution >= 4 is 0 Å². The Balaban J connectivity index is 2.23. The topological polar surface area (TPSA) is 51.2 Å². The molecule has 3 nitrogen and oxygen atoms in total. The fourth-order valence-electron chi connectivity index (χ4n) is 1.81. The highest BCUT2D eigenvalue weighted by atomic mass is 19.2. The van der Waals surface area contributed by atoms with Gasteiger partial charge in [0.1, 0.15) is 11.5 Å². The first-order valence-electron chi connectivity index (χ1n) is 5.57. The minimum Gasteiger partial charge on any atom is -0.465 e. The standard InChI is InChI=1S/C13H14F2N2O/c1-8-5-6-12(18-8)11(17-16)7-9-3-2-4-10(14)13(9)15/h2-6,11,17H,7,16H2,1H3. The second-order valence-corrected chi connectivity index (χ2v) is 4.08. The van der Waals surface area contributed by atoms with Gasteiger partial charge in [0.05, 0.1) is 6.04 Å². The van der Waals surface area contributed by atoms with Gasteiger partial charge in [-0.05, 0) is 37.1 Å². The van der Waals surface area contributed by atoms with E-state index in [1.807, 2.05) is 0 Å². The minimum atomic E-state index is -0.862. The predicted octanol–water partition coefficient (Wildman–Crippen LogP) is 2.61. The number of nitrogens with one attached hydrogen (secondary N) is 1. The molecule has 0 radical (unpaired) electrons. The van der Waals surface area contributed by atoms with E-state index in [0.29, 0.717) is 5.76 Å². The molecule has 96 valence electrons. The van der Waals surface area contributed by atoms with E-state index < -0.39 is 17.7 Å². The SMILES string of the molecule is Cc1ccc(C(Cc2cccc(F)c2F)NN)o1. The summed E-state index contributed by atoms with van der Waals surface area (Å²) in [5.41, 5.74) is 2.80. The molecule has 0 fully saturated rings. The summed E-state index contributed by atoms with van der Waals surface area (Å²) in [5.74, 6) is 5.05. The molecule has 0 saturated heterocycles.